The number of carbonyl (C=O) groups is 1. The monoisotopic (exact) mass is 459 g/mol. The lowest BCUT2D eigenvalue weighted by Gasteiger charge is -2.30. The van der Waals surface area contributed by atoms with Crippen LogP contribution in [0.2, 0.25) is 0 Å². The molecule has 0 spiro atoms. The number of aromatic nitrogens is 1. The lowest BCUT2D eigenvalue weighted by atomic mass is 9.95. The van der Waals surface area contributed by atoms with Gasteiger partial charge in [-0.25, -0.2) is 9.78 Å². The normalized spacial score (nSPS) is 20.5. The number of ether oxygens (including phenoxy) is 3. The number of carboxylic acid groups (broad SMARTS) is 1. The van der Waals surface area contributed by atoms with Crippen molar-refractivity contribution in [2.24, 2.45) is 0 Å². The van der Waals surface area contributed by atoms with Gasteiger partial charge in [-0.05, 0) is 65.0 Å². The van der Waals surface area contributed by atoms with Crippen molar-refractivity contribution in [3.8, 4) is 11.5 Å². The molecule has 1 saturated carbocycles. The van der Waals surface area contributed by atoms with Crippen molar-refractivity contribution in [1.82, 2.24) is 4.98 Å². The summed E-state index contributed by atoms with van der Waals surface area (Å²) in [5.41, 5.74) is 2.92. The van der Waals surface area contributed by atoms with Crippen molar-refractivity contribution in [3.05, 3.63) is 41.3 Å². The molecule has 0 aliphatic heterocycles. The molecule has 33 heavy (non-hydrogen) atoms. The molecule has 7 nitrogen and oxygen atoms in total. The Kier molecular flexibility index (Phi) is 9.47. The molecular formula is C26H37NO6. The molecule has 182 valence electrons. The number of nitrogens with zero attached hydrogens (tertiary/aromatic N) is 1. The average molecular weight is 460 g/mol. The highest BCUT2D eigenvalue weighted by molar-refractivity contribution is 5.72. The molecule has 0 radical (unpaired) electrons. The van der Waals surface area contributed by atoms with E-state index in [9.17, 15) is 9.90 Å². The van der Waals surface area contributed by atoms with Crippen LogP contribution >= 0.6 is 0 Å². The molecule has 1 aromatic heterocycles. The molecule has 2 aromatic rings. The van der Waals surface area contributed by atoms with E-state index in [0.717, 1.165) is 61.1 Å². The first-order chi connectivity index (χ1) is 15.9. The predicted molar refractivity (Wildman–Crippen MR) is 125 cm³/mol. The van der Waals surface area contributed by atoms with Gasteiger partial charge in [-0.3, -0.25) is 0 Å². The fourth-order valence-corrected chi connectivity index (χ4v) is 4.21. The van der Waals surface area contributed by atoms with E-state index >= 15 is 0 Å². The lowest BCUT2D eigenvalue weighted by Crippen LogP contribution is -2.36. The third kappa shape index (κ3) is 7.66. The number of carboxylic acids is 1. The van der Waals surface area contributed by atoms with Gasteiger partial charge in [0, 0.05) is 5.56 Å². The summed E-state index contributed by atoms with van der Waals surface area (Å²) in [5.74, 6) is 0.391. The minimum absolute atomic E-state index is 0.0306. The van der Waals surface area contributed by atoms with Crippen molar-refractivity contribution in [1.29, 1.82) is 0 Å². The molecule has 0 saturated heterocycles. The van der Waals surface area contributed by atoms with Gasteiger partial charge in [-0.1, -0.05) is 31.0 Å². The number of benzene rings is 1. The fraction of sp³-hybridized carbons (Fsp3) is 0.615. The summed E-state index contributed by atoms with van der Waals surface area (Å²) in [6.45, 7) is 8.35. The molecule has 1 fully saturated rings. The van der Waals surface area contributed by atoms with Crippen molar-refractivity contribution < 1.29 is 28.5 Å². The highest BCUT2D eigenvalue weighted by atomic mass is 16.6. The Bertz CT molecular complexity index is 895. The zero-order valence-corrected chi connectivity index (χ0v) is 20.2. The van der Waals surface area contributed by atoms with E-state index in [1.807, 2.05) is 39.0 Å². The molecule has 1 aliphatic carbocycles. The number of aryl methyl sites for hydroxylation is 2. The summed E-state index contributed by atoms with van der Waals surface area (Å²) in [5, 5.41) is 9.46. The Morgan fingerprint density at radius 3 is 2.70 bits per heavy atom. The number of hydrogen-bond donors (Lipinski definition) is 1. The van der Waals surface area contributed by atoms with Gasteiger partial charge in [0.1, 0.15) is 11.5 Å². The SMILES string of the molecule is CCCC(C)OC(CO[C@@H]1CCC[C@H](OCc2nc(-c3cccc(C)c3)oc2C)C1)C(=O)O. The second kappa shape index (κ2) is 12.3. The summed E-state index contributed by atoms with van der Waals surface area (Å²) in [6, 6.07) is 8.08. The first-order valence-corrected chi connectivity index (χ1v) is 12.0. The van der Waals surface area contributed by atoms with Gasteiger partial charge in [0.15, 0.2) is 6.10 Å². The van der Waals surface area contributed by atoms with E-state index in [2.05, 4.69) is 18.0 Å². The molecule has 4 atom stereocenters. The van der Waals surface area contributed by atoms with Gasteiger partial charge < -0.3 is 23.7 Å². The topological polar surface area (TPSA) is 91.0 Å². The molecule has 3 rings (SSSR count). The Morgan fingerprint density at radius 1 is 1.24 bits per heavy atom. The lowest BCUT2D eigenvalue weighted by molar-refractivity contribution is -0.162. The van der Waals surface area contributed by atoms with Crippen LogP contribution in [0.3, 0.4) is 0 Å². The number of hydrogen-bond acceptors (Lipinski definition) is 6. The summed E-state index contributed by atoms with van der Waals surface area (Å²) in [6.07, 6.45) is 4.32. The molecule has 7 heteroatoms. The van der Waals surface area contributed by atoms with Gasteiger partial charge in [-0.2, -0.15) is 0 Å². The Hall–Kier alpha value is -2.22. The molecule has 1 heterocycles. The van der Waals surface area contributed by atoms with E-state index < -0.39 is 12.1 Å². The van der Waals surface area contributed by atoms with Crippen LogP contribution in [-0.2, 0) is 25.6 Å². The standard InChI is InChI=1S/C26H37NO6/c1-5-8-18(3)32-24(26(28)29)16-31-22-12-7-11-21(14-22)30-15-23-19(4)33-25(27-23)20-10-6-9-17(2)13-20/h6,9-10,13,18,21-22,24H,5,7-8,11-12,14-16H2,1-4H3,(H,28,29)/t18?,21-,22+,24?/m0/s1. The molecule has 1 aromatic carbocycles. The van der Waals surface area contributed by atoms with Gasteiger partial charge in [0.05, 0.1) is 31.5 Å². The molecule has 2 unspecified atom stereocenters. The van der Waals surface area contributed by atoms with Gasteiger partial charge in [0.2, 0.25) is 5.89 Å². The summed E-state index contributed by atoms with van der Waals surface area (Å²) >= 11 is 0. The Labute approximate surface area is 196 Å². The second-order valence-electron chi connectivity index (χ2n) is 9.01. The van der Waals surface area contributed by atoms with Crippen LogP contribution in [0.15, 0.2) is 28.7 Å². The maximum atomic E-state index is 11.5. The van der Waals surface area contributed by atoms with Crippen molar-refractivity contribution in [2.45, 2.75) is 97.2 Å². The van der Waals surface area contributed by atoms with Gasteiger partial charge >= 0.3 is 5.97 Å². The first kappa shape index (κ1) is 25.4. The van der Waals surface area contributed by atoms with Crippen LogP contribution in [0.25, 0.3) is 11.5 Å². The average Bonchev–Trinajstić information content (AvgIpc) is 3.16. The van der Waals surface area contributed by atoms with Gasteiger partial charge in [0.25, 0.3) is 0 Å². The summed E-state index contributed by atoms with van der Waals surface area (Å²) < 4.78 is 23.6. The van der Waals surface area contributed by atoms with Crippen molar-refractivity contribution in [3.63, 3.8) is 0 Å². The zero-order valence-electron chi connectivity index (χ0n) is 20.2. The van der Waals surface area contributed by atoms with Crippen LogP contribution in [0.1, 0.15) is 69.4 Å². The molecule has 1 aliphatic rings. The highest BCUT2D eigenvalue weighted by Gasteiger charge is 2.27. The van der Waals surface area contributed by atoms with Crippen LogP contribution in [0, 0.1) is 13.8 Å². The van der Waals surface area contributed by atoms with E-state index in [0.29, 0.717) is 12.5 Å². The third-order valence-corrected chi connectivity index (χ3v) is 6.04. The number of oxazole rings is 1. The van der Waals surface area contributed by atoms with E-state index in [-0.39, 0.29) is 24.9 Å². The molecule has 1 N–H and O–H groups in total. The van der Waals surface area contributed by atoms with E-state index in [1.54, 1.807) is 0 Å². The van der Waals surface area contributed by atoms with E-state index in [1.165, 1.54) is 0 Å². The molecule has 0 amide bonds. The predicted octanol–water partition coefficient (Wildman–Crippen LogP) is 5.46. The summed E-state index contributed by atoms with van der Waals surface area (Å²) in [7, 11) is 0. The zero-order chi connectivity index (χ0) is 23.8. The number of rotatable bonds is 12. The maximum absolute atomic E-state index is 11.5. The summed E-state index contributed by atoms with van der Waals surface area (Å²) in [4.78, 5) is 16.2. The second-order valence-corrected chi connectivity index (χ2v) is 9.01. The van der Waals surface area contributed by atoms with Crippen molar-refractivity contribution in [2.75, 3.05) is 6.61 Å². The quantitative estimate of drug-likeness (QED) is 0.450. The highest BCUT2D eigenvalue weighted by Crippen LogP contribution is 2.27. The number of aliphatic carboxylic acids is 1. The fourth-order valence-electron chi connectivity index (χ4n) is 4.21. The van der Waals surface area contributed by atoms with Crippen LogP contribution < -0.4 is 0 Å². The third-order valence-electron chi connectivity index (χ3n) is 6.04. The molecule has 0 bridgehead atoms. The van der Waals surface area contributed by atoms with Gasteiger partial charge in [-0.15, -0.1) is 0 Å². The smallest absolute Gasteiger partial charge is 0.335 e. The molecular weight excluding hydrogens is 422 g/mol. The van der Waals surface area contributed by atoms with Crippen LogP contribution in [0.5, 0.6) is 0 Å². The van der Waals surface area contributed by atoms with Crippen molar-refractivity contribution >= 4 is 5.97 Å². The minimum atomic E-state index is -0.979. The van der Waals surface area contributed by atoms with Crippen LogP contribution in [0.4, 0.5) is 0 Å². The first-order valence-electron chi connectivity index (χ1n) is 12.0. The van der Waals surface area contributed by atoms with E-state index in [4.69, 9.17) is 18.6 Å². The minimum Gasteiger partial charge on any atom is -0.479 e. The Balaban J connectivity index is 1.49. The Morgan fingerprint density at radius 2 is 2.00 bits per heavy atom. The maximum Gasteiger partial charge on any atom is 0.335 e. The largest absolute Gasteiger partial charge is 0.479 e. The van der Waals surface area contributed by atoms with Crippen LogP contribution in [-0.4, -0.2) is 47.1 Å².